The number of ether oxygens (including phenoxy) is 1. The first-order chi connectivity index (χ1) is 17.5. The van der Waals surface area contributed by atoms with Crippen molar-refractivity contribution in [1.29, 1.82) is 0 Å². The predicted molar refractivity (Wildman–Crippen MR) is 147 cm³/mol. The van der Waals surface area contributed by atoms with E-state index in [0.717, 1.165) is 38.7 Å². The van der Waals surface area contributed by atoms with Gasteiger partial charge in [-0.3, -0.25) is 9.59 Å². The Morgan fingerprint density at radius 2 is 1.78 bits per heavy atom. The van der Waals surface area contributed by atoms with E-state index in [1.165, 1.54) is 0 Å². The fourth-order valence-corrected chi connectivity index (χ4v) is 4.92. The van der Waals surface area contributed by atoms with Crippen LogP contribution in [0.1, 0.15) is 57.7 Å². The van der Waals surface area contributed by atoms with Crippen LogP contribution in [-0.2, 0) is 18.3 Å². The maximum absolute atomic E-state index is 13.3. The van der Waals surface area contributed by atoms with E-state index in [1.807, 2.05) is 93.9 Å². The lowest BCUT2D eigenvalue weighted by Crippen LogP contribution is -2.29. The maximum atomic E-state index is 13.3. The van der Waals surface area contributed by atoms with Crippen LogP contribution < -0.4 is 10.1 Å². The van der Waals surface area contributed by atoms with Gasteiger partial charge in [-0.15, -0.1) is 0 Å². The number of carbonyl (C=O) groups excluding carboxylic acids is 1. The van der Waals surface area contributed by atoms with Gasteiger partial charge in [-0.25, -0.2) is 0 Å². The van der Waals surface area contributed by atoms with E-state index in [4.69, 9.17) is 21.4 Å². The van der Waals surface area contributed by atoms with Gasteiger partial charge in [-0.2, -0.15) is 0 Å². The molecule has 1 aromatic heterocycles. The molecular formula is C30H31ClN2O4. The van der Waals surface area contributed by atoms with Crippen LogP contribution in [0, 0.1) is 20.8 Å². The minimum atomic E-state index is -0.812. The summed E-state index contributed by atoms with van der Waals surface area (Å²) in [5.74, 6) is 0.378. The van der Waals surface area contributed by atoms with Crippen molar-refractivity contribution in [1.82, 2.24) is 9.88 Å². The Hall–Kier alpha value is -3.77. The molecule has 0 aliphatic heterocycles. The molecular weight excluding hydrogens is 488 g/mol. The number of aromatic nitrogens is 1. The van der Waals surface area contributed by atoms with Gasteiger partial charge in [0.1, 0.15) is 17.2 Å². The van der Waals surface area contributed by atoms with Crippen molar-refractivity contribution in [3.8, 4) is 11.5 Å². The van der Waals surface area contributed by atoms with Crippen molar-refractivity contribution < 1.29 is 19.4 Å². The van der Waals surface area contributed by atoms with E-state index in [9.17, 15) is 9.59 Å². The van der Waals surface area contributed by atoms with Crippen molar-refractivity contribution >= 4 is 34.4 Å². The van der Waals surface area contributed by atoms with Crippen LogP contribution in [0.15, 0.2) is 54.6 Å². The quantitative estimate of drug-likeness (QED) is 0.262. The van der Waals surface area contributed by atoms with E-state index < -0.39 is 5.97 Å². The number of hydrogen-bond donors (Lipinski definition) is 2. The second-order valence-electron chi connectivity index (χ2n) is 9.55. The fraction of sp³-hybridized carbons (Fsp3) is 0.267. The molecule has 0 fully saturated rings. The Morgan fingerprint density at radius 1 is 1.03 bits per heavy atom. The largest absolute Gasteiger partial charge is 0.481 e. The fourth-order valence-electron chi connectivity index (χ4n) is 4.75. The summed E-state index contributed by atoms with van der Waals surface area (Å²) in [6.45, 7) is 7.83. The lowest BCUT2D eigenvalue weighted by atomic mass is 10.0. The second kappa shape index (κ2) is 10.7. The third-order valence-electron chi connectivity index (χ3n) is 6.71. The Balaban J connectivity index is 1.53. The Morgan fingerprint density at radius 3 is 2.49 bits per heavy atom. The van der Waals surface area contributed by atoms with Crippen molar-refractivity contribution in [2.24, 2.45) is 7.05 Å². The van der Waals surface area contributed by atoms with Crippen LogP contribution >= 0.6 is 11.6 Å². The highest BCUT2D eigenvalue weighted by Gasteiger charge is 2.21. The van der Waals surface area contributed by atoms with Gasteiger partial charge in [0.2, 0.25) is 0 Å². The smallest absolute Gasteiger partial charge is 0.303 e. The van der Waals surface area contributed by atoms with Gasteiger partial charge in [0.15, 0.2) is 0 Å². The highest BCUT2D eigenvalue weighted by molar-refractivity contribution is 6.31. The van der Waals surface area contributed by atoms with Crippen LogP contribution in [0.5, 0.6) is 11.5 Å². The van der Waals surface area contributed by atoms with Crippen LogP contribution in [0.2, 0.25) is 5.02 Å². The van der Waals surface area contributed by atoms with Crippen LogP contribution in [0.4, 0.5) is 0 Å². The Kier molecular flexibility index (Phi) is 7.60. The number of nitrogens with one attached hydrogen (secondary N) is 1. The molecule has 3 aromatic carbocycles. The number of halogens is 1. The molecule has 37 heavy (non-hydrogen) atoms. The monoisotopic (exact) mass is 518 g/mol. The number of rotatable bonds is 8. The number of aliphatic carboxylic acids is 1. The lowest BCUT2D eigenvalue weighted by Gasteiger charge is -2.18. The SMILES string of the molecule is Cc1cc(Oc2ccc(CCC(=O)O)c(C)c2)cc(C(C)NC(=O)c2c(C)c3cc(Cl)ccc3n2C)c1. The molecule has 0 aliphatic rings. The number of hydrogen-bond acceptors (Lipinski definition) is 3. The first-order valence-corrected chi connectivity index (χ1v) is 12.6. The molecule has 1 unspecified atom stereocenters. The molecule has 7 heteroatoms. The molecule has 2 N–H and O–H groups in total. The van der Waals surface area contributed by atoms with Crippen LogP contribution in [0.3, 0.4) is 0 Å². The first kappa shape index (κ1) is 26.3. The molecule has 0 saturated heterocycles. The Labute approximate surface area is 221 Å². The zero-order chi connectivity index (χ0) is 26.9. The molecule has 4 aromatic rings. The third-order valence-corrected chi connectivity index (χ3v) is 6.94. The summed E-state index contributed by atoms with van der Waals surface area (Å²) < 4.78 is 8.04. The van der Waals surface area contributed by atoms with Gasteiger partial charge in [0.05, 0.1) is 6.04 Å². The van der Waals surface area contributed by atoms with Crippen LogP contribution in [0.25, 0.3) is 10.9 Å². The molecule has 0 radical (unpaired) electrons. The summed E-state index contributed by atoms with van der Waals surface area (Å²) in [7, 11) is 1.89. The van der Waals surface area contributed by atoms with E-state index in [-0.39, 0.29) is 18.4 Å². The number of aryl methyl sites for hydroxylation is 5. The minimum absolute atomic E-state index is 0.0952. The number of fused-ring (bicyclic) bond motifs is 1. The van der Waals surface area contributed by atoms with E-state index in [1.54, 1.807) is 0 Å². The third kappa shape index (κ3) is 5.81. The molecule has 0 aliphatic carbocycles. The molecule has 6 nitrogen and oxygen atoms in total. The van der Waals surface area contributed by atoms with Gasteiger partial charge in [-0.1, -0.05) is 23.7 Å². The first-order valence-electron chi connectivity index (χ1n) is 12.2. The topological polar surface area (TPSA) is 80.6 Å². The molecule has 1 atom stereocenters. The summed E-state index contributed by atoms with van der Waals surface area (Å²) >= 11 is 6.18. The van der Waals surface area contributed by atoms with Crippen molar-refractivity contribution in [2.75, 3.05) is 0 Å². The number of nitrogens with zero attached hydrogens (tertiary/aromatic N) is 1. The molecule has 0 spiro atoms. The van der Waals surface area contributed by atoms with Gasteiger partial charge in [0.25, 0.3) is 5.91 Å². The standard InChI is InChI=1S/C30H31ClN2O4/c1-17-12-22(15-25(13-17)37-24-9-6-21(18(2)14-24)7-11-28(34)35)20(4)32-30(36)29-19(3)26-16-23(31)8-10-27(26)33(29)5/h6,8-10,12-16,20H,7,11H2,1-5H3,(H,32,36)(H,34,35). The van der Waals surface area contributed by atoms with Crippen LogP contribution in [-0.4, -0.2) is 21.6 Å². The highest BCUT2D eigenvalue weighted by atomic mass is 35.5. The maximum Gasteiger partial charge on any atom is 0.303 e. The predicted octanol–water partition coefficient (Wildman–Crippen LogP) is 7.06. The average Bonchev–Trinajstić information content (AvgIpc) is 3.07. The zero-order valence-corrected chi connectivity index (χ0v) is 22.4. The molecule has 1 heterocycles. The van der Waals surface area contributed by atoms with Gasteiger partial charge >= 0.3 is 5.97 Å². The molecule has 192 valence electrons. The van der Waals surface area contributed by atoms with E-state index >= 15 is 0 Å². The summed E-state index contributed by atoms with van der Waals surface area (Å²) in [4.78, 5) is 24.2. The van der Waals surface area contributed by atoms with E-state index in [2.05, 4.69) is 5.32 Å². The van der Waals surface area contributed by atoms with Gasteiger partial charge in [-0.05, 0) is 104 Å². The van der Waals surface area contributed by atoms with Crippen molar-refractivity contribution in [2.45, 2.75) is 46.6 Å². The number of benzene rings is 3. The summed E-state index contributed by atoms with van der Waals surface area (Å²) in [6, 6.07) is 17.0. The number of amides is 1. The normalized spacial score (nSPS) is 11.9. The highest BCUT2D eigenvalue weighted by Crippen LogP contribution is 2.30. The van der Waals surface area contributed by atoms with Crippen molar-refractivity contribution in [3.63, 3.8) is 0 Å². The molecule has 0 bridgehead atoms. The number of carbonyl (C=O) groups is 2. The summed E-state index contributed by atoms with van der Waals surface area (Å²) in [5, 5.41) is 13.7. The zero-order valence-electron chi connectivity index (χ0n) is 21.7. The van der Waals surface area contributed by atoms with Crippen molar-refractivity contribution in [3.05, 3.63) is 93.1 Å². The lowest BCUT2D eigenvalue weighted by molar-refractivity contribution is -0.136. The average molecular weight is 519 g/mol. The second-order valence-corrected chi connectivity index (χ2v) is 9.99. The Bertz CT molecular complexity index is 1510. The van der Waals surface area contributed by atoms with Gasteiger partial charge < -0.3 is 19.7 Å². The minimum Gasteiger partial charge on any atom is -0.481 e. The molecule has 0 saturated carbocycles. The molecule has 1 amide bonds. The number of carboxylic acids is 1. The van der Waals surface area contributed by atoms with E-state index in [0.29, 0.717) is 28.6 Å². The summed E-state index contributed by atoms with van der Waals surface area (Å²) in [6.07, 6.45) is 0.578. The van der Waals surface area contributed by atoms with Gasteiger partial charge in [0, 0.05) is 29.4 Å². The molecule has 4 rings (SSSR count). The number of carboxylic acid groups (broad SMARTS) is 1. The summed E-state index contributed by atoms with van der Waals surface area (Å²) in [5.41, 5.74) is 6.36.